The first kappa shape index (κ1) is 13.7. The highest BCUT2D eigenvalue weighted by molar-refractivity contribution is 7.81. The third-order valence-corrected chi connectivity index (χ3v) is 5.06. The van der Waals surface area contributed by atoms with E-state index in [1.165, 1.54) is 6.92 Å². The third-order valence-electron chi connectivity index (χ3n) is 4.93. The van der Waals surface area contributed by atoms with Crippen molar-refractivity contribution in [2.45, 2.75) is 56.1 Å². The molecule has 0 radical (unpaired) electrons. The maximum absolute atomic E-state index is 13.3. The van der Waals surface area contributed by atoms with Crippen molar-refractivity contribution in [2.75, 3.05) is 6.61 Å². The van der Waals surface area contributed by atoms with Crippen LogP contribution in [0.5, 0.6) is 0 Å². The van der Waals surface area contributed by atoms with E-state index in [1.807, 2.05) is 0 Å². The molecule has 0 saturated heterocycles. The van der Waals surface area contributed by atoms with Crippen molar-refractivity contribution < 1.29 is 19.0 Å². The molecule has 4 saturated carbocycles. The van der Waals surface area contributed by atoms with Gasteiger partial charge in [0.05, 0.1) is 11.0 Å². The summed E-state index contributed by atoms with van der Waals surface area (Å²) in [6, 6.07) is 0. The first-order valence-electron chi connectivity index (χ1n) is 7.01. The molecule has 108 valence electrons. The Hall–Kier alpha value is -0.290. The van der Waals surface area contributed by atoms with E-state index in [2.05, 4.69) is 12.6 Å². The van der Waals surface area contributed by atoms with Crippen molar-refractivity contribution >= 4 is 18.6 Å². The van der Waals surface area contributed by atoms with Gasteiger partial charge in [0.2, 0.25) is 0 Å². The van der Waals surface area contributed by atoms with Crippen LogP contribution in [0.25, 0.3) is 0 Å². The van der Waals surface area contributed by atoms with Crippen molar-refractivity contribution in [3.63, 3.8) is 0 Å². The molecule has 4 aliphatic rings. The molecule has 0 heterocycles. The molecular weight excluding hydrogens is 267 g/mol. The number of halogens is 1. The van der Waals surface area contributed by atoms with Crippen LogP contribution in [-0.4, -0.2) is 28.3 Å². The third kappa shape index (κ3) is 2.51. The Morgan fingerprint density at radius 1 is 1.42 bits per heavy atom. The second kappa shape index (κ2) is 4.10. The zero-order chi connectivity index (χ0) is 13.9. The van der Waals surface area contributed by atoms with Gasteiger partial charge in [-0.1, -0.05) is 0 Å². The van der Waals surface area contributed by atoms with Gasteiger partial charge >= 0.3 is 5.97 Å². The molecule has 0 amide bonds. The van der Waals surface area contributed by atoms with E-state index in [9.17, 15) is 14.3 Å². The van der Waals surface area contributed by atoms with E-state index in [-0.39, 0.29) is 12.6 Å². The molecule has 4 aliphatic carbocycles. The Morgan fingerprint density at radius 2 is 2.00 bits per heavy atom. The summed E-state index contributed by atoms with van der Waals surface area (Å²) in [4.78, 5) is 12.4. The Labute approximate surface area is 118 Å². The topological polar surface area (TPSA) is 46.5 Å². The lowest BCUT2D eigenvalue weighted by atomic mass is 9.48. The molecule has 1 N–H and O–H groups in total. The molecule has 0 aromatic carbocycles. The highest BCUT2D eigenvalue weighted by Gasteiger charge is 2.61. The van der Waals surface area contributed by atoms with E-state index in [4.69, 9.17) is 4.74 Å². The minimum atomic E-state index is -1.80. The van der Waals surface area contributed by atoms with Gasteiger partial charge in [0.15, 0.2) is 5.00 Å². The van der Waals surface area contributed by atoms with Crippen molar-refractivity contribution in [3.8, 4) is 0 Å². The van der Waals surface area contributed by atoms with E-state index < -0.39 is 16.0 Å². The lowest BCUT2D eigenvalue weighted by Crippen LogP contribution is -2.58. The van der Waals surface area contributed by atoms with Crippen LogP contribution in [0, 0.1) is 17.3 Å². The van der Waals surface area contributed by atoms with Gasteiger partial charge in [-0.15, -0.1) is 12.6 Å². The normalized spacial score (nSPS) is 46.9. The average molecular weight is 288 g/mol. The summed E-state index contributed by atoms with van der Waals surface area (Å²) >= 11 is 3.73. The fourth-order valence-corrected chi connectivity index (χ4v) is 4.87. The molecule has 4 rings (SSSR count). The molecule has 3 atom stereocenters. The Balaban J connectivity index is 1.74. The van der Waals surface area contributed by atoms with Gasteiger partial charge in [-0.25, -0.2) is 4.39 Å². The van der Waals surface area contributed by atoms with Gasteiger partial charge in [-0.2, -0.15) is 0 Å². The molecule has 0 aromatic rings. The fraction of sp³-hybridized carbons (Fsp3) is 0.929. The van der Waals surface area contributed by atoms with Crippen molar-refractivity contribution in [3.05, 3.63) is 0 Å². The van der Waals surface area contributed by atoms with Crippen LogP contribution in [0.1, 0.15) is 45.4 Å². The highest BCUT2D eigenvalue weighted by atomic mass is 32.1. The number of alkyl halides is 1. The summed E-state index contributed by atoms with van der Waals surface area (Å²) in [6.07, 6.45) is 4.81. The minimum absolute atomic E-state index is 0.329. The van der Waals surface area contributed by atoms with Crippen LogP contribution in [0.15, 0.2) is 0 Å². The Bertz CT molecular complexity index is 390. The maximum atomic E-state index is 13.3. The molecule has 0 aromatic heterocycles. The van der Waals surface area contributed by atoms with Crippen LogP contribution in [0.4, 0.5) is 4.39 Å². The smallest absolute Gasteiger partial charge is 0.312 e. The summed E-state index contributed by atoms with van der Waals surface area (Å²) in [6.45, 7) is 0.946. The van der Waals surface area contributed by atoms with Crippen LogP contribution in [-0.2, 0) is 9.53 Å². The molecular formula is C14H21FO3S. The number of rotatable bonds is 3. The Kier molecular flexibility index (Phi) is 2.96. The number of carbonyl (C=O) groups is 1. The SMILES string of the molecule is CC(F)(S)COC(=O)C12CC3CC(CC(O)(C3)C1)C2. The summed E-state index contributed by atoms with van der Waals surface area (Å²) in [7, 11) is 0. The molecule has 0 spiro atoms. The van der Waals surface area contributed by atoms with E-state index in [1.54, 1.807) is 0 Å². The second-order valence-electron chi connectivity index (χ2n) is 7.18. The number of esters is 1. The number of aliphatic hydroxyl groups is 1. The van der Waals surface area contributed by atoms with Gasteiger partial charge in [-0.3, -0.25) is 4.79 Å². The summed E-state index contributed by atoms with van der Waals surface area (Å²) in [5, 5.41) is 8.75. The zero-order valence-corrected chi connectivity index (χ0v) is 12.1. The standard InChI is InChI=1S/C14H21FO3S/c1-12(15,19)8-18-11(16)13-3-9-2-10(4-13)6-14(17,5-9)7-13/h9-10,17,19H,2-8H2,1H3. The molecule has 4 bridgehead atoms. The van der Waals surface area contributed by atoms with Crippen molar-refractivity contribution in [2.24, 2.45) is 17.3 Å². The van der Waals surface area contributed by atoms with E-state index in [0.717, 1.165) is 32.1 Å². The zero-order valence-electron chi connectivity index (χ0n) is 11.2. The van der Waals surface area contributed by atoms with Gasteiger partial charge < -0.3 is 9.84 Å². The Morgan fingerprint density at radius 3 is 2.47 bits per heavy atom. The average Bonchev–Trinajstić information content (AvgIpc) is 2.21. The van der Waals surface area contributed by atoms with E-state index >= 15 is 0 Å². The number of carbonyl (C=O) groups excluding carboxylic acids is 1. The van der Waals surface area contributed by atoms with Crippen molar-refractivity contribution in [1.82, 2.24) is 0 Å². The molecule has 4 fully saturated rings. The highest BCUT2D eigenvalue weighted by Crippen LogP contribution is 2.62. The predicted octanol–water partition coefficient (Wildman–Crippen LogP) is 2.48. The number of ether oxygens (including phenoxy) is 1. The van der Waals surface area contributed by atoms with Crippen LogP contribution in [0.3, 0.4) is 0 Å². The predicted molar refractivity (Wildman–Crippen MR) is 71.5 cm³/mol. The summed E-state index contributed by atoms with van der Waals surface area (Å²) in [5.41, 5.74) is -1.26. The fourth-order valence-electron chi connectivity index (χ4n) is 4.80. The molecule has 5 heteroatoms. The number of thiol groups is 1. The molecule has 0 aliphatic heterocycles. The van der Waals surface area contributed by atoms with Crippen LogP contribution in [0.2, 0.25) is 0 Å². The van der Waals surface area contributed by atoms with Gasteiger partial charge in [-0.05, 0) is 57.3 Å². The van der Waals surface area contributed by atoms with Crippen molar-refractivity contribution in [1.29, 1.82) is 0 Å². The quantitative estimate of drug-likeness (QED) is 0.619. The largest absolute Gasteiger partial charge is 0.461 e. The molecule has 3 unspecified atom stereocenters. The lowest BCUT2D eigenvalue weighted by molar-refractivity contribution is -0.197. The van der Waals surface area contributed by atoms with E-state index in [0.29, 0.717) is 18.3 Å². The van der Waals surface area contributed by atoms with Gasteiger partial charge in [0, 0.05) is 0 Å². The first-order valence-corrected chi connectivity index (χ1v) is 7.45. The monoisotopic (exact) mass is 288 g/mol. The summed E-state index contributed by atoms with van der Waals surface area (Å²) in [5.74, 6) is 0.510. The molecule has 19 heavy (non-hydrogen) atoms. The summed E-state index contributed by atoms with van der Waals surface area (Å²) < 4.78 is 18.5. The lowest BCUT2D eigenvalue weighted by Gasteiger charge is -2.58. The maximum Gasteiger partial charge on any atom is 0.312 e. The number of hydrogen-bond acceptors (Lipinski definition) is 4. The van der Waals surface area contributed by atoms with Crippen LogP contribution < -0.4 is 0 Å². The van der Waals surface area contributed by atoms with Gasteiger partial charge in [0.1, 0.15) is 6.61 Å². The molecule has 3 nitrogen and oxygen atoms in total. The minimum Gasteiger partial charge on any atom is -0.461 e. The van der Waals surface area contributed by atoms with Gasteiger partial charge in [0.25, 0.3) is 0 Å². The number of hydrogen-bond donors (Lipinski definition) is 2. The first-order chi connectivity index (χ1) is 8.70. The second-order valence-corrected chi connectivity index (χ2v) is 8.12. The van der Waals surface area contributed by atoms with Crippen LogP contribution >= 0.6 is 12.6 Å².